The normalized spacial score (nSPS) is 10.6. The third-order valence-electron chi connectivity index (χ3n) is 2.19. The number of hydrogen-bond acceptors (Lipinski definition) is 6. The van der Waals surface area contributed by atoms with E-state index in [0.29, 0.717) is 15.7 Å². The molecule has 21 heavy (non-hydrogen) atoms. The Kier molecular flexibility index (Phi) is 6.63. The van der Waals surface area contributed by atoms with E-state index in [-0.39, 0.29) is 11.7 Å². The minimum absolute atomic E-state index is 0.149. The number of hydrogen-bond donors (Lipinski definition) is 1. The average Bonchev–Trinajstić information content (AvgIpc) is 2.88. The second kappa shape index (κ2) is 8.24. The lowest BCUT2D eigenvalue weighted by Gasteiger charge is -2.06. The van der Waals surface area contributed by atoms with Crippen LogP contribution in [0, 0.1) is 0 Å². The number of thioether (sulfide) groups is 2. The molecule has 112 valence electrons. The van der Waals surface area contributed by atoms with Crippen molar-refractivity contribution in [3.05, 3.63) is 28.2 Å². The molecule has 4 nitrogen and oxygen atoms in total. The van der Waals surface area contributed by atoms with E-state index < -0.39 is 0 Å². The molecule has 0 bridgehead atoms. The molecule has 1 aromatic heterocycles. The molecule has 0 atom stereocenters. The number of benzene rings is 1. The van der Waals surface area contributed by atoms with Crippen molar-refractivity contribution in [1.29, 1.82) is 0 Å². The first kappa shape index (κ1) is 16.9. The Labute approximate surface area is 145 Å². The zero-order valence-corrected chi connectivity index (χ0v) is 14.9. The molecule has 1 amide bonds. The van der Waals surface area contributed by atoms with Gasteiger partial charge in [0.15, 0.2) is 8.68 Å². The van der Waals surface area contributed by atoms with Crippen molar-refractivity contribution in [1.82, 2.24) is 10.2 Å². The largest absolute Gasteiger partial charge is 0.324 e. The summed E-state index contributed by atoms with van der Waals surface area (Å²) in [7, 11) is 0. The molecule has 9 heteroatoms. The van der Waals surface area contributed by atoms with Gasteiger partial charge in [0.25, 0.3) is 0 Å². The second-order valence-corrected chi connectivity index (χ2v) is 8.28. The average molecular weight is 380 g/mol. The van der Waals surface area contributed by atoms with E-state index in [1.807, 2.05) is 0 Å². The van der Waals surface area contributed by atoms with Gasteiger partial charge in [0.2, 0.25) is 5.91 Å². The maximum Gasteiger partial charge on any atom is 0.234 e. The number of nitrogens with zero attached hydrogens (tertiary/aromatic N) is 2. The zero-order chi connectivity index (χ0) is 15.2. The van der Waals surface area contributed by atoms with Crippen molar-refractivity contribution in [2.24, 2.45) is 0 Å². The van der Waals surface area contributed by atoms with Gasteiger partial charge in [0, 0.05) is 5.02 Å². The summed E-state index contributed by atoms with van der Waals surface area (Å²) in [6.07, 6.45) is 0. The fourth-order valence-electron chi connectivity index (χ4n) is 1.34. The van der Waals surface area contributed by atoms with Gasteiger partial charge < -0.3 is 5.32 Å². The lowest BCUT2D eigenvalue weighted by atomic mass is 10.3. The van der Waals surface area contributed by atoms with Gasteiger partial charge in [-0.15, -0.1) is 10.2 Å². The zero-order valence-electron chi connectivity index (χ0n) is 10.9. The standard InChI is InChI=1S/C12H11Cl2N3OS3/c1-2-19-11-16-17-12(21-11)20-6-10(18)15-9-4-3-7(13)5-8(9)14/h3-5H,2,6H2,1H3,(H,15,18). The molecule has 0 saturated heterocycles. The lowest BCUT2D eigenvalue weighted by molar-refractivity contribution is -0.113. The minimum Gasteiger partial charge on any atom is -0.324 e. The topological polar surface area (TPSA) is 54.9 Å². The van der Waals surface area contributed by atoms with Gasteiger partial charge in [-0.1, -0.05) is 65.0 Å². The molecule has 2 aromatic rings. The molecule has 1 N–H and O–H groups in total. The Hall–Kier alpha value is -0.470. The van der Waals surface area contributed by atoms with Crippen LogP contribution < -0.4 is 5.32 Å². The summed E-state index contributed by atoms with van der Waals surface area (Å²) in [6.45, 7) is 2.06. The molecule has 0 aliphatic heterocycles. The number of nitrogens with one attached hydrogen (secondary N) is 1. The highest BCUT2D eigenvalue weighted by Gasteiger charge is 2.10. The predicted octanol–water partition coefficient (Wildman–Crippen LogP) is 4.69. The van der Waals surface area contributed by atoms with Gasteiger partial charge in [-0.3, -0.25) is 4.79 Å². The number of halogens is 2. The highest BCUT2D eigenvalue weighted by molar-refractivity contribution is 8.03. The maximum absolute atomic E-state index is 11.9. The fourth-order valence-corrected chi connectivity index (χ4v) is 4.51. The van der Waals surface area contributed by atoms with E-state index in [1.54, 1.807) is 30.0 Å². The quantitative estimate of drug-likeness (QED) is 0.737. The van der Waals surface area contributed by atoms with Crippen LogP contribution in [0.25, 0.3) is 0 Å². The van der Waals surface area contributed by atoms with Crippen molar-refractivity contribution in [3.8, 4) is 0 Å². The van der Waals surface area contributed by atoms with Crippen LogP contribution in [-0.2, 0) is 4.79 Å². The van der Waals surface area contributed by atoms with E-state index in [1.165, 1.54) is 23.1 Å². The highest BCUT2D eigenvalue weighted by Crippen LogP contribution is 2.29. The summed E-state index contributed by atoms with van der Waals surface area (Å²) in [5, 5.41) is 11.8. The van der Waals surface area contributed by atoms with Crippen molar-refractivity contribution in [2.45, 2.75) is 15.6 Å². The van der Waals surface area contributed by atoms with Crippen LogP contribution in [0.2, 0.25) is 10.0 Å². The van der Waals surface area contributed by atoms with E-state index in [2.05, 4.69) is 22.4 Å². The summed E-state index contributed by atoms with van der Waals surface area (Å²) in [6, 6.07) is 4.94. The van der Waals surface area contributed by atoms with Gasteiger partial charge in [-0.05, 0) is 24.0 Å². The number of aromatic nitrogens is 2. The van der Waals surface area contributed by atoms with Crippen LogP contribution in [0.4, 0.5) is 5.69 Å². The van der Waals surface area contributed by atoms with E-state index >= 15 is 0 Å². The monoisotopic (exact) mass is 379 g/mol. The van der Waals surface area contributed by atoms with Crippen LogP contribution in [0.3, 0.4) is 0 Å². The van der Waals surface area contributed by atoms with Crippen LogP contribution in [0.5, 0.6) is 0 Å². The van der Waals surface area contributed by atoms with Crippen LogP contribution in [0.15, 0.2) is 26.9 Å². The number of amides is 1. The van der Waals surface area contributed by atoms with E-state index in [0.717, 1.165) is 14.4 Å². The molecule has 0 radical (unpaired) electrons. The number of rotatable bonds is 6. The Morgan fingerprint density at radius 1 is 1.29 bits per heavy atom. The van der Waals surface area contributed by atoms with Crippen molar-refractivity contribution < 1.29 is 4.79 Å². The van der Waals surface area contributed by atoms with Gasteiger partial charge in [0.1, 0.15) is 0 Å². The predicted molar refractivity (Wildman–Crippen MR) is 92.1 cm³/mol. The minimum atomic E-state index is -0.149. The SMILES string of the molecule is CCSc1nnc(SCC(=O)Nc2ccc(Cl)cc2Cl)s1. The first-order valence-corrected chi connectivity index (χ1v) is 9.47. The molecule has 0 aliphatic rings. The number of anilines is 1. The van der Waals surface area contributed by atoms with Crippen LogP contribution in [0.1, 0.15) is 6.92 Å². The smallest absolute Gasteiger partial charge is 0.234 e. The molecule has 0 fully saturated rings. The Balaban J connectivity index is 1.86. The Bertz CT molecular complexity index is 636. The Morgan fingerprint density at radius 3 is 2.67 bits per heavy atom. The van der Waals surface area contributed by atoms with Gasteiger partial charge in [-0.2, -0.15) is 0 Å². The summed E-state index contributed by atoms with van der Waals surface area (Å²) in [5.41, 5.74) is 0.547. The van der Waals surface area contributed by atoms with Gasteiger partial charge in [0.05, 0.1) is 16.5 Å². The summed E-state index contributed by atoms with van der Waals surface area (Å²) in [4.78, 5) is 11.9. The summed E-state index contributed by atoms with van der Waals surface area (Å²) >= 11 is 16.3. The van der Waals surface area contributed by atoms with Crippen molar-refractivity contribution >= 4 is 69.7 Å². The fraction of sp³-hybridized carbons (Fsp3) is 0.250. The Morgan fingerprint density at radius 2 is 2.00 bits per heavy atom. The second-order valence-electron chi connectivity index (χ2n) is 3.73. The molecule has 0 spiro atoms. The van der Waals surface area contributed by atoms with Crippen molar-refractivity contribution in [2.75, 3.05) is 16.8 Å². The third kappa shape index (κ3) is 5.34. The molecular weight excluding hydrogens is 369 g/mol. The summed E-state index contributed by atoms with van der Waals surface area (Å²) in [5.74, 6) is 1.06. The molecule has 2 rings (SSSR count). The highest BCUT2D eigenvalue weighted by atomic mass is 35.5. The third-order valence-corrected chi connectivity index (χ3v) is 5.81. The van der Waals surface area contributed by atoms with E-state index in [9.17, 15) is 4.79 Å². The molecule has 1 heterocycles. The molecule has 0 saturated carbocycles. The molecule has 1 aromatic carbocycles. The van der Waals surface area contributed by atoms with Crippen molar-refractivity contribution in [3.63, 3.8) is 0 Å². The lowest BCUT2D eigenvalue weighted by Crippen LogP contribution is -2.14. The number of carbonyl (C=O) groups excluding carboxylic acids is 1. The van der Waals surface area contributed by atoms with E-state index in [4.69, 9.17) is 23.2 Å². The molecule has 0 aliphatic carbocycles. The first-order chi connectivity index (χ1) is 10.1. The molecule has 0 unspecified atom stereocenters. The van der Waals surface area contributed by atoms with Crippen LogP contribution in [-0.4, -0.2) is 27.6 Å². The van der Waals surface area contributed by atoms with Gasteiger partial charge >= 0.3 is 0 Å². The maximum atomic E-state index is 11.9. The van der Waals surface area contributed by atoms with Crippen LogP contribution >= 0.6 is 58.1 Å². The number of carbonyl (C=O) groups is 1. The summed E-state index contributed by atoms with van der Waals surface area (Å²) < 4.78 is 1.70. The molecular formula is C12H11Cl2N3OS3. The van der Waals surface area contributed by atoms with Gasteiger partial charge in [-0.25, -0.2) is 0 Å². The first-order valence-electron chi connectivity index (χ1n) is 5.92.